The number of fused-ring (bicyclic) bond motifs is 7. The maximum atomic E-state index is 5.85. The third kappa shape index (κ3) is 9.63. The van der Waals surface area contributed by atoms with E-state index in [0.717, 1.165) is 56.3 Å². The van der Waals surface area contributed by atoms with Crippen LogP contribution in [0.3, 0.4) is 0 Å². The molecule has 81 heavy (non-hydrogen) atoms. The molecule has 0 spiro atoms. The number of anilines is 6. The van der Waals surface area contributed by atoms with Gasteiger partial charge in [-0.2, -0.15) is 0 Å². The molecule has 2 aliphatic heterocycles. The Morgan fingerprint density at radius 3 is 1.05 bits per heavy atom. The van der Waals surface area contributed by atoms with E-state index in [-0.39, 0.29) is 39.2 Å². The Labute approximate surface area is 483 Å². The molecule has 12 rings (SSSR count). The number of para-hydroxylation sites is 1. The highest BCUT2D eigenvalue weighted by Crippen LogP contribution is 2.50. The van der Waals surface area contributed by atoms with Crippen LogP contribution in [0.15, 0.2) is 164 Å². The average Bonchev–Trinajstić information content (AvgIpc) is 2.36. The van der Waals surface area contributed by atoms with Crippen molar-refractivity contribution in [2.24, 2.45) is 0 Å². The van der Waals surface area contributed by atoms with Gasteiger partial charge in [0.15, 0.2) is 5.82 Å². The van der Waals surface area contributed by atoms with Gasteiger partial charge in [0.1, 0.15) is 0 Å². The van der Waals surface area contributed by atoms with Crippen molar-refractivity contribution < 1.29 is 0 Å². The van der Waals surface area contributed by atoms with Crippen molar-refractivity contribution in [2.75, 3.05) is 9.80 Å². The number of hydrogen-bond acceptors (Lipinski definition) is 4. The summed E-state index contributed by atoms with van der Waals surface area (Å²) in [5, 5.41) is 5.92. The minimum atomic E-state index is -0.116. The Morgan fingerprint density at radius 2 is 0.667 bits per heavy atom. The standard InChI is InChI=1S/C76H81BN4/c1-71(2,3)52-31-51(32-53(39-52)72(4,5)6)70-78-63-30-24-23-29-60(63)69(79-70)50-37-66-68-67(38-50)81(59-44-56(75(13,14)15)41-57(45-59)76(16,17)18)65-36-49-28-22-20-26-47(49)34-62(65)77(68)61-33-46-25-19-21-27-48(46)35-64(61)80(66)58-42-54(73(7,8)9)40-55(43-58)74(10,11)12/h19-45H,1-18H3. The predicted molar refractivity (Wildman–Crippen MR) is 352 cm³/mol. The minimum absolute atomic E-state index is 0.0855. The van der Waals surface area contributed by atoms with Gasteiger partial charge in [-0.25, -0.2) is 9.97 Å². The molecule has 0 atom stereocenters. The van der Waals surface area contributed by atoms with E-state index in [1.807, 2.05) is 0 Å². The van der Waals surface area contributed by atoms with Crippen LogP contribution in [0.2, 0.25) is 0 Å². The van der Waals surface area contributed by atoms with Crippen LogP contribution in [0.25, 0.3) is 55.1 Å². The zero-order valence-electron chi connectivity index (χ0n) is 51.5. The second kappa shape index (κ2) is 18.5. The maximum Gasteiger partial charge on any atom is 0.252 e. The van der Waals surface area contributed by atoms with Gasteiger partial charge in [-0.05, 0) is 171 Å². The summed E-state index contributed by atoms with van der Waals surface area (Å²) in [6, 6.07) is 63.4. The maximum absolute atomic E-state index is 5.85. The molecule has 0 fully saturated rings. The molecule has 0 aliphatic carbocycles. The van der Waals surface area contributed by atoms with Crippen LogP contribution >= 0.6 is 0 Å². The van der Waals surface area contributed by atoms with Gasteiger partial charge in [-0.1, -0.05) is 222 Å². The highest BCUT2D eigenvalue weighted by molar-refractivity contribution is 7.00. The summed E-state index contributed by atoms with van der Waals surface area (Å²) in [4.78, 5) is 16.6. The largest absolute Gasteiger partial charge is 0.311 e. The van der Waals surface area contributed by atoms with Gasteiger partial charge in [0.2, 0.25) is 0 Å². The monoisotopic (exact) mass is 1060 g/mol. The summed E-state index contributed by atoms with van der Waals surface area (Å²) < 4.78 is 0. The molecule has 0 unspecified atom stereocenters. The molecule has 408 valence electrons. The lowest BCUT2D eigenvalue weighted by Crippen LogP contribution is -2.61. The smallest absolute Gasteiger partial charge is 0.252 e. The lowest BCUT2D eigenvalue weighted by molar-refractivity contribution is 0.568. The van der Waals surface area contributed by atoms with Gasteiger partial charge < -0.3 is 9.80 Å². The van der Waals surface area contributed by atoms with Gasteiger partial charge in [0.25, 0.3) is 6.71 Å². The van der Waals surface area contributed by atoms with Crippen molar-refractivity contribution in [1.82, 2.24) is 9.97 Å². The lowest BCUT2D eigenvalue weighted by Gasteiger charge is -2.45. The zero-order valence-corrected chi connectivity index (χ0v) is 51.5. The number of aromatic nitrogens is 2. The van der Waals surface area contributed by atoms with Crippen molar-refractivity contribution in [2.45, 2.75) is 157 Å². The van der Waals surface area contributed by atoms with Crippen molar-refractivity contribution in [3.8, 4) is 22.6 Å². The first kappa shape index (κ1) is 54.1. The number of rotatable bonds is 4. The highest BCUT2D eigenvalue weighted by Gasteiger charge is 2.45. The van der Waals surface area contributed by atoms with Crippen LogP contribution in [-0.4, -0.2) is 16.7 Å². The fourth-order valence-corrected chi connectivity index (χ4v) is 12.3. The second-order valence-corrected chi connectivity index (χ2v) is 29.8. The van der Waals surface area contributed by atoms with Crippen LogP contribution in [0, 0.1) is 0 Å². The van der Waals surface area contributed by atoms with Crippen molar-refractivity contribution in [3.63, 3.8) is 0 Å². The van der Waals surface area contributed by atoms with Crippen LogP contribution in [0.1, 0.15) is 158 Å². The van der Waals surface area contributed by atoms with Gasteiger partial charge in [-0.3, -0.25) is 0 Å². The van der Waals surface area contributed by atoms with Gasteiger partial charge in [-0.15, -0.1) is 0 Å². The van der Waals surface area contributed by atoms with Crippen molar-refractivity contribution in [3.05, 3.63) is 197 Å². The summed E-state index contributed by atoms with van der Waals surface area (Å²) in [6.07, 6.45) is 0. The number of hydrogen-bond donors (Lipinski definition) is 0. The van der Waals surface area contributed by atoms with Crippen LogP contribution in [-0.2, 0) is 32.5 Å². The predicted octanol–water partition coefficient (Wildman–Crippen LogP) is 19.1. The Balaban J connectivity index is 1.27. The Hall–Kier alpha value is -7.50. The molecule has 1 aromatic heterocycles. The quantitative estimate of drug-likeness (QED) is 0.164. The normalized spacial score (nSPS) is 14.0. The summed E-state index contributed by atoms with van der Waals surface area (Å²) in [5.74, 6) is 0.729. The van der Waals surface area contributed by atoms with E-state index in [9.17, 15) is 0 Å². The lowest BCUT2D eigenvalue weighted by atomic mass is 9.33. The summed E-state index contributed by atoms with van der Waals surface area (Å²) in [7, 11) is 0. The third-order valence-corrected chi connectivity index (χ3v) is 17.4. The second-order valence-electron chi connectivity index (χ2n) is 29.8. The van der Waals surface area contributed by atoms with Gasteiger partial charge >= 0.3 is 0 Å². The molecular formula is C76H81BN4. The topological polar surface area (TPSA) is 32.3 Å². The molecule has 0 saturated heterocycles. The summed E-state index contributed by atoms with van der Waals surface area (Å²) in [6.45, 7) is 42.0. The molecule has 4 nitrogen and oxygen atoms in total. The fourth-order valence-electron chi connectivity index (χ4n) is 12.3. The fraction of sp³-hybridized carbons (Fsp3) is 0.316. The van der Waals surface area contributed by atoms with E-state index in [1.165, 1.54) is 82.7 Å². The molecule has 0 radical (unpaired) electrons. The first-order valence-electron chi connectivity index (χ1n) is 29.5. The molecule has 0 amide bonds. The molecule has 0 saturated carbocycles. The first-order chi connectivity index (χ1) is 37.9. The van der Waals surface area contributed by atoms with Crippen LogP contribution < -0.4 is 26.2 Å². The Morgan fingerprint density at radius 1 is 0.321 bits per heavy atom. The van der Waals surface area contributed by atoms with Crippen LogP contribution in [0.5, 0.6) is 0 Å². The Bertz CT molecular complexity index is 3910. The average molecular weight is 1060 g/mol. The van der Waals surface area contributed by atoms with Gasteiger partial charge in [0.05, 0.1) is 11.2 Å². The molecule has 3 heterocycles. The van der Waals surface area contributed by atoms with Crippen molar-refractivity contribution >= 4 is 89.7 Å². The molecule has 2 aliphatic rings. The molecule has 0 bridgehead atoms. The van der Waals surface area contributed by atoms with Gasteiger partial charge in [0, 0.05) is 50.6 Å². The van der Waals surface area contributed by atoms with E-state index in [4.69, 9.17) is 9.97 Å². The molecule has 10 aromatic rings. The highest BCUT2D eigenvalue weighted by atomic mass is 15.2. The molecule has 5 heteroatoms. The number of benzene rings is 9. The summed E-state index contributed by atoms with van der Waals surface area (Å²) >= 11 is 0. The van der Waals surface area contributed by atoms with E-state index >= 15 is 0 Å². The van der Waals surface area contributed by atoms with E-state index in [2.05, 4.69) is 298 Å². The molecular weight excluding hydrogens is 980 g/mol. The third-order valence-electron chi connectivity index (χ3n) is 17.4. The van der Waals surface area contributed by atoms with Crippen molar-refractivity contribution in [1.29, 1.82) is 0 Å². The SMILES string of the molecule is CC(C)(C)c1cc(-c2nc(-c3cc4c5c(c3)N(c3cc(C(C)(C)C)cc(C(C)(C)C)c3)c3cc6ccccc6cc3B5c3cc5ccccc5cc3N4c3cc(C(C)(C)C)cc(C(C)(C)C)c3)c3ccccc3n2)cc(C(C)(C)C)c1. The van der Waals surface area contributed by atoms with E-state index < -0.39 is 0 Å². The van der Waals surface area contributed by atoms with Crippen LogP contribution in [0.4, 0.5) is 34.1 Å². The minimum Gasteiger partial charge on any atom is -0.311 e. The molecule has 0 N–H and O–H groups in total. The zero-order chi connectivity index (χ0) is 57.7. The van der Waals surface area contributed by atoms with E-state index in [0.29, 0.717) is 0 Å². The Kier molecular flexibility index (Phi) is 12.4. The van der Waals surface area contributed by atoms with E-state index in [1.54, 1.807) is 0 Å². The molecule has 9 aromatic carbocycles. The number of nitrogens with zero attached hydrogens (tertiary/aromatic N) is 4. The first-order valence-corrected chi connectivity index (χ1v) is 29.5. The summed E-state index contributed by atoms with van der Waals surface area (Å²) in [5.41, 5.74) is 22.0.